The smallest absolute Gasteiger partial charge is 0.314 e. The Morgan fingerprint density at radius 2 is 2.20 bits per heavy atom. The average molecular weight is 290 g/mol. The van der Waals surface area contributed by atoms with E-state index in [1.807, 2.05) is 28.8 Å². The first-order valence-corrected chi connectivity index (χ1v) is 6.78. The van der Waals surface area contributed by atoms with Crippen molar-refractivity contribution in [2.45, 2.75) is 11.8 Å². The third kappa shape index (κ3) is 2.64. The molecule has 0 aliphatic rings. The molecule has 0 saturated carbocycles. The quantitative estimate of drug-likeness (QED) is 0.714. The van der Waals surface area contributed by atoms with Gasteiger partial charge in [0.05, 0.1) is 17.4 Å². The van der Waals surface area contributed by atoms with Gasteiger partial charge in [0.15, 0.2) is 0 Å². The van der Waals surface area contributed by atoms with Crippen molar-refractivity contribution in [1.82, 2.24) is 19.7 Å². The van der Waals surface area contributed by atoms with E-state index in [-0.39, 0.29) is 11.0 Å². The lowest BCUT2D eigenvalue weighted by atomic mass is 10.3. The van der Waals surface area contributed by atoms with Gasteiger partial charge in [-0.1, -0.05) is 23.9 Å². The minimum Gasteiger partial charge on any atom is -0.481 e. The molecule has 0 aliphatic heterocycles. The van der Waals surface area contributed by atoms with Crippen LogP contribution in [0, 0.1) is 0 Å². The molecule has 0 saturated heterocycles. The standard InChI is InChI=1S/C12H10N4O3S/c17-11(18)6-20-12-15-14-10(19-12)5-16-7-13-8-3-1-2-4-9(8)16/h1-4,7H,5-6H2,(H,17,18). The minimum absolute atomic E-state index is 0.102. The second-order valence-corrected chi connectivity index (χ2v) is 4.93. The molecule has 1 aromatic carbocycles. The molecule has 0 unspecified atom stereocenters. The Hall–Kier alpha value is -2.35. The maximum absolute atomic E-state index is 10.5. The Morgan fingerprint density at radius 1 is 1.35 bits per heavy atom. The predicted molar refractivity (Wildman–Crippen MR) is 71.5 cm³/mol. The lowest BCUT2D eigenvalue weighted by molar-refractivity contribution is -0.133. The largest absolute Gasteiger partial charge is 0.481 e. The predicted octanol–water partition coefficient (Wildman–Crippen LogP) is 1.64. The van der Waals surface area contributed by atoms with E-state index in [4.69, 9.17) is 9.52 Å². The highest BCUT2D eigenvalue weighted by atomic mass is 32.2. The Balaban J connectivity index is 1.76. The molecule has 3 aromatic rings. The number of aromatic nitrogens is 4. The number of para-hydroxylation sites is 2. The summed E-state index contributed by atoms with van der Waals surface area (Å²) in [5.41, 5.74) is 1.87. The van der Waals surface area contributed by atoms with Crippen LogP contribution in [-0.2, 0) is 11.3 Å². The van der Waals surface area contributed by atoms with E-state index < -0.39 is 5.97 Å². The molecule has 0 fully saturated rings. The second kappa shape index (κ2) is 5.33. The van der Waals surface area contributed by atoms with Gasteiger partial charge in [-0.05, 0) is 12.1 Å². The van der Waals surface area contributed by atoms with Gasteiger partial charge < -0.3 is 14.1 Å². The summed E-state index contributed by atoms with van der Waals surface area (Å²) in [7, 11) is 0. The van der Waals surface area contributed by atoms with Gasteiger partial charge in [0.2, 0.25) is 5.89 Å². The van der Waals surface area contributed by atoms with Crippen LogP contribution in [0.5, 0.6) is 0 Å². The highest BCUT2D eigenvalue weighted by molar-refractivity contribution is 7.99. The van der Waals surface area contributed by atoms with Crippen molar-refractivity contribution in [3.63, 3.8) is 0 Å². The summed E-state index contributed by atoms with van der Waals surface area (Å²) in [5.74, 6) is -0.605. The van der Waals surface area contributed by atoms with E-state index in [2.05, 4.69) is 15.2 Å². The Kier molecular flexibility index (Phi) is 3.38. The van der Waals surface area contributed by atoms with Crippen LogP contribution in [0.3, 0.4) is 0 Å². The van der Waals surface area contributed by atoms with E-state index in [0.29, 0.717) is 12.4 Å². The molecular weight excluding hydrogens is 280 g/mol. The first-order valence-electron chi connectivity index (χ1n) is 5.79. The van der Waals surface area contributed by atoms with Crippen LogP contribution >= 0.6 is 11.8 Å². The zero-order valence-corrected chi connectivity index (χ0v) is 11.1. The average Bonchev–Trinajstić information content (AvgIpc) is 3.05. The monoisotopic (exact) mass is 290 g/mol. The molecule has 0 atom stereocenters. The van der Waals surface area contributed by atoms with Crippen LogP contribution in [0.1, 0.15) is 5.89 Å². The molecule has 102 valence electrons. The van der Waals surface area contributed by atoms with E-state index in [1.165, 1.54) is 0 Å². The summed E-state index contributed by atoms with van der Waals surface area (Å²) in [5, 5.41) is 16.5. The molecule has 3 rings (SSSR count). The van der Waals surface area contributed by atoms with Gasteiger partial charge in [0.1, 0.15) is 12.3 Å². The molecule has 0 aliphatic carbocycles. The highest BCUT2D eigenvalue weighted by Gasteiger charge is 2.10. The van der Waals surface area contributed by atoms with E-state index in [9.17, 15) is 4.79 Å². The van der Waals surface area contributed by atoms with Crippen molar-refractivity contribution in [2.24, 2.45) is 0 Å². The van der Waals surface area contributed by atoms with Crippen LogP contribution in [0.25, 0.3) is 11.0 Å². The fourth-order valence-electron chi connectivity index (χ4n) is 1.77. The first-order chi connectivity index (χ1) is 9.72. The maximum atomic E-state index is 10.5. The second-order valence-electron chi connectivity index (χ2n) is 4.01. The number of imidazole rings is 1. The van der Waals surface area contributed by atoms with Crippen LogP contribution < -0.4 is 0 Å². The molecule has 1 N–H and O–H groups in total. The number of hydrogen-bond donors (Lipinski definition) is 1. The van der Waals surface area contributed by atoms with Crippen molar-refractivity contribution in [3.05, 3.63) is 36.5 Å². The summed E-state index contributed by atoms with van der Waals surface area (Å²) in [4.78, 5) is 14.7. The summed E-state index contributed by atoms with van der Waals surface area (Å²) in [6.07, 6.45) is 1.71. The van der Waals surface area contributed by atoms with Crippen LogP contribution in [0.15, 0.2) is 40.2 Å². The number of fused-ring (bicyclic) bond motifs is 1. The zero-order chi connectivity index (χ0) is 13.9. The van der Waals surface area contributed by atoms with E-state index in [0.717, 1.165) is 22.8 Å². The third-order valence-electron chi connectivity index (χ3n) is 2.60. The van der Waals surface area contributed by atoms with Gasteiger partial charge in [-0.2, -0.15) is 0 Å². The van der Waals surface area contributed by atoms with E-state index >= 15 is 0 Å². The first kappa shape index (κ1) is 12.7. The molecule has 2 heterocycles. The molecule has 0 bridgehead atoms. The van der Waals surface area contributed by atoms with Gasteiger partial charge in [-0.25, -0.2) is 4.98 Å². The van der Waals surface area contributed by atoms with E-state index in [1.54, 1.807) is 6.33 Å². The van der Waals surface area contributed by atoms with Crippen LogP contribution in [0.2, 0.25) is 0 Å². The fourth-order valence-corrected chi connectivity index (χ4v) is 2.27. The third-order valence-corrected chi connectivity index (χ3v) is 3.40. The summed E-state index contributed by atoms with van der Waals surface area (Å²) in [6.45, 7) is 0.404. The van der Waals surface area contributed by atoms with Crippen molar-refractivity contribution in [1.29, 1.82) is 0 Å². The normalized spacial score (nSPS) is 11.0. The van der Waals surface area contributed by atoms with Crippen LogP contribution in [-0.4, -0.2) is 36.6 Å². The summed E-state index contributed by atoms with van der Waals surface area (Å²) >= 11 is 1.00. The van der Waals surface area contributed by atoms with Gasteiger partial charge in [0, 0.05) is 0 Å². The Bertz CT molecular complexity index is 752. The van der Waals surface area contributed by atoms with Gasteiger partial charge in [-0.3, -0.25) is 4.79 Å². The molecule has 0 spiro atoms. The summed E-state index contributed by atoms with van der Waals surface area (Å²) < 4.78 is 7.28. The van der Waals surface area contributed by atoms with Crippen molar-refractivity contribution in [2.75, 3.05) is 5.75 Å². The van der Waals surface area contributed by atoms with Crippen molar-refractivity contribution in [3.8, 4) is 0 Å². The molecule has 0 radical (unpaired) electrons. The van der Waals surface area contributed by atoms with Gasteiger partial charge in [-0.15, -0.1) is 10.2 Å². The maximum Gasteiger partial charge on any atom is 0.314 e. The number of thioether (sulfide) groups is 1. The minimum atomic E-state index is -0.921. The Morgan fingerprint density at radius 3 is 3.05 bits per heavy atom. The number of carboxylic acid groups (broad SMARTS) is 1. The molecule has 0 amide bonds. The van der Waals surface area contributed by atoms with Crippen molar-refractivity contribution >= 4 is 28.8 Å². The number of rotatable bonds is 5. The number of aliphatic carboxylic acids is 1. The van der Waals surface area contributed by atoms with Crippen LogP contribution in [0.4, 0.5) is 0 Å². The number of nitrogens with zero attached hydrogens (tertiary/aromatic N) is 4. The lowest BCUT2D eigenvalue weighted by Gasteiger charge is -1.99. The molecule has 8 heteroatoms. The number of carbonyl (C=O) groups is 1. The molecule has 7 nitrogen and oxygen atoms in total. The SMILES string of the molecule is O=C(O)CSc1nnc(Cn2cnc3ccccc32)o1. The Labute approximate surface area is 117 Å². The lowest BCUT2D eigenvalue weighted by Crippen LogP contribution is -1.98. The number of hydrogen-bond acceptors (Lipinski definition) is 6. The van der Waals surface area contributed by atoms with Gasteiger partial charge in [0.25, 0.3) is 5.22 Å². The number of carboxylic acids is 1. The van der Waals surface area contributed by atoms with Crippen molar-refractivity contribution < 1.29 is 14.3 Å². The topological polar surface area (TPSA) is 94.0 Å². The summed E-state index contributed by atoms with van der Waals surface area (Å²) in [6, 6.07) is 7.74. The highest BCUT2D eigenvalue weighted by Crippen LogP contribution is 2.18. The zero-order valence-electron chi connectivity index (χ0n) is 10.3. The molecular formula is C12H10N4O3S. The fraction of sp³-hybridized carbons (Fsp3) is 0.167. The molecule has 2 aromatic heterocycles. The number of benzene rings is 1. The van der Waals surface area contributed by atoms with Gasteiger partial charge >= 0.3 is 5.97 Å². The molecule has 20 heavy (non-hydrogen) atoms.